The Hall–Kier alpha value is -2.10. The van der Waals surface area contributed by atoms with Crippen molar-refractivity contribution < 1.29 is 9.31 Å². The number of para-hydroxylation sites is 2. The normalized spacial score (nSPS) is 12.7. The molecule has 0 bridgehead atoms. The second-order valence-electron chi connectivity index (χ2n) is 4.50. The Kier molecular flexibility index (Phi) is 2.63. The number of hydrogen-bond donors (Lipinski definition) is 0. The molecule has 18 heavy (non-hydrogen) atoms. The van der Waals surface area contributed by atoms with Crippen LogP contribution in [0.1, 0.15) is 0 Å². The number of rotatable bonds is 2. The van der Waals surface area contributed by atoms with E-state index in [4.69, 9.17) is 9.31 Å². The van der Waals surface area contributed by atoms with Gasteiger partial charge in [0.25, 0.3) is 0 Å². The zero-order valence-electron chi connectivity index (χ0n) is 10.5. The number of hydrogen-bond acceptors (Lipinski definition) is 3. The molecule has 1 heterocycles. The van der Waals surface area contributed by atoms with Crippen LogP contribution in [0.25, 0.3) is 0 Å². The minimum Gasteiger partial charge on any atom is -0.519 e. The molecular weight excluding hydrogens is 225 g/mol. The van der Waals surface area contributed by atoms with Crippen molar-refractivity contribution in [2.24, 2.45) is 0 Å². The molecule has 1 aliphatic rings. The van der Waals surface area contributed by atoms with Gasteiger partial charge in [-0.05, 0) is 24.3 Å². The Morgan fingerprint density at radius 3 is 1.89 bits per heavy atom. The largest absolute Gasteiger partial charge is 0.632 e. The molecule has 0 spiro atoms. The Labute approximate surface area is 107 Å². The standard InChI is InChI=1S/C14H14BNO2/c1-16(2)12-9-7-11(8-10-12)15-17-13-5-3-4-6-14(13)18-15/h3-10H,1-2H3. The molecule has 4 heteroatoms. The summed E-state index contributed by atoms with van der Waals surface area (Å²) >= 11 is 0. The van der Waals surface area contributed by atoms with Crippen molar-refractivity contribution in [2.75, 3.05) is 19.0 Å². The summed E-state index contributed by atoms with van der Waals surface area (Å²) in [5, 5.41) is 0. The second-order valence-corrected chi connectivity index (χ2v) is 4.50. The maximum Gasteiger partial charge on any atom is 0.632 e. The van der Waals surface area contributed by atoms with Gasteiger partial charge in [0.2, 0.25) is 0 Å². The van der Waals surface area contributed by atoms with Crippen molar-refractivity contribution in [1.82, 2.24) is 0 Å². The van der Waals surface area contributed by atoms with Crippen molar-refractivity contribution in [2.45, 2.75) is 0 Å². The van der Waals surface area contributed by atoms with E-state index in [0.29, 0.717) is 0 Å². The summed E-state index contributed by atoms with van der Waals surface area (Å²) in [6, 6.07) is 15.9. The van der Waals surface area contributed by atoms with Crippen LogP contribution in [0.15, 0.2) is 48.5 Å². The Morgan fingerprint density at radius 2 is 1.39 bits per heavy atom. The Balaban J connectivity index is 1.82. The first kappa shape index (κ1) is 11.0. The van der Waals surface area contributed by atoms with Crippen LogP contribution in [0.5, 0.6) is 11.5 Å². The molecule has 2 aromatic carbocycles. The minimum absolute atomic E-state index is 0.335. The summed E-state index contributed by atoms with van der Waals surface area (Å²) in [4.78, 5) is 2.06. The monoisotopic (exact) mass is 239 g/mol. The SMILES string of the molecule is CN(C)c1ccc(B2Oc3ccccc3O2)cc1. The molecule has 3 nitrogen and oxygen atoms in total. The first-order valence-electron chi connectivity index (χ1n) is 5.94. The summed E-state index contributed by atoms with van der Waals surface area (Å²) in [6.45, 7) is 0. The van der Waals surface area contributed by atoms with Gasteiger partial charge < -0.3 is 14.2 Å². The van der Waals surface area contributed by atoms with Crippen LogP contribution < -0.4 is 19.7 Å². The fourth-order valence-electron chi connectivity index (χ4n) is 1.97. The van der Waals surface area contributed by atoms with Crippen LogP contribution >= 0.6 is 0 Å². The predicted molar refractivity (Wildman–Crippen MR) is 73.9 cm³/mol. The van der Waals surface area contributed by atoms with Crippen molar-refractivity contribution in [3.8, 4) is 11.5 Å². The molecule has 0 saturated heterocycles. The number of nitrogens with zero attached hydrogens (tertiary/aromatic N) is 1. The van der Waals surface area contributed by atoms with Gasteiger partial charge in [-0.15, -0.1) is 0 Å². The van der Waals surface area contributed by atoms with E-state index in [1.54, 1.807) is 0 Å². The lowest BCUT2D eigenvalue weighted by Gasteiger charge is -2.13. The number of fused-ring (bicyclic) bond motifs is 1. The maximum absolute atomic E-state index is 5.76. The quantitative estimate of drug-likeness (QED) is 0.747. The van der Waals surface area contributed by atoms with E-state index in [-0.39, 0.29) is 7.12 Å². The number of benzene rings is 2. The summed E-state index contributed by atoms with van der Waals surface area (Å²) in [7, 11) is 3.71. The lowest BCUT2D eigenvalue weighted by molar-refractivity contribution is 0.519. The first-order valence-corrected chi connectivity index (χ1v) is 5.94. The predicted octanol–water partition coefficient (Wildman–Crippen LogP) is 1.92. The van der Waals surface area contributed by atoms with E-state index in [1.807, 2.05) is 50.5 Å². The van der Waals surface area contributed by atoms with E-state index in [0.717, 1.165) is 22.6 Å². The molecule has 0 saturated carbocycles. The highest BCUT2D eigenvalue weighted by Crippen LogP contribution is 2.32. The van der Waals surface area contributed by atoms with Gasteiger partial charge in [-0.3, -0.25) is 0 Å². The third kappa shape index (κ3) is 1.90. The molecular formula is C14H14BNO2. The molecule has 3 rings (SSSR count). The molecule has 0 radical (unpaired) electrons. The third-order valence-corrected chi connectivity index (χ3v) is 3.00. The van der Waals surface area contributed by atoms with Crippen LogP contribution in [0, 0.1) is 0 Å². The molecule has 0 unspecified atom stereocenters. The zero-order valence-corrected chi connectivity index (χ0v) is 10.5. The molecule has 1 aliphatic heterocycles. The summed E-state index contributed by atoms with van der Waals surface area (Å²) < 4.78 is 11.5. The van der Waals surface area contributed by atoms with Gasteiger partial charge in [0.15, 0.2) is 0 Å². The van der Waals surface area contributed by atoms with Crippen LogP contribution in [0.4, 0.5) is 5.69 Å². The van der Waals surface area contributed by atoms with Crippen molar-refractivity contribution in [1.29, 1.82) is 0 Å². The molecule has 2 aromatic rings. The average molecular weight is 239 g/mol. The average Bonchev–Trinajstić information content (AvgIpc) is 2.82. The summed E-state index contributed by atoms with van der Waals surface area (Å²) in [6.07, 6.45) is 0. The van der Waals surface area contributed by atoms with Gasteiger partial charge in [0.1, 0.15) is 11.5 Å². The lowest BCUT2D eigenvalue weighted by Crippen LogP contribution is -2.38. The van der Waals surface area contributed by atoms with Gasteiger partial charge in [-0.2, -0.15) is 0 Å². The third-order valence-electron chi connectivity index (χ3n) is 3.00. The second kappa shape index (κ2) is 4.29. The highest BCUT2D eigenvalue weighted by atomic mass is 16.6. The molecule has 0 amide bonds. The van der Waals surface area contributed by atoms with Crippen LogP contribution in [0.3, 0.4) is 0 Å². The topological polar surface area (TPSA) is 21.7 Å². The van der Waals surface area contributed by atoms with Crippen molar-refractivity contribution in [3.63, 3.8) is 0 Å². The first-order chi connectivity index (χ1) is 8.74. The van der Waals surface area contributed by atoms with Crippen molar-refractivity contribution >= 4 is 18.3 Å². The summed E-state index contributed by atoms with van der Waals surface area (Å²) in [5.41, 5.74) is 2.19. The fourth-order valence-corrected chi connectivity index (χ4v) is 1.97. The molecule has 0 atom stereocenters. The van der Waals surface area contributed by atoms with Crippen LogP contribution in [-0.2, 0) is 0 Å². The van der Waals surface area contributed by atoms with Crippen LogP contribution in [-0.4, -0.2) is 21.2 Å². The van der Waals surface area contributed by atoms with Gasteiger partial charge in [0, 0.05) is 25.2 Å². The molecule has 0 aromatic heterocycles. The molecule has 0 N–H and O–H groups in total. The van der Waals surface area contributed by atoms with E-state index >= 15 is 0 Å². The Bertz CT molecular complexity index is 529. The van der Waals surface area contributed by atoms with Crippen molar-refractivity contribution in [3.05, 3.63) is 48.5 Å². The van der Waals surface area contributed by atoms with Gasteiger partial charge in [-0.1, -0.05) is 24.3 Å². The highest BCUT2D eigenvalue weighted by molar-refractivity contribution is 6.63. The summed E-state index contributed by atoms with van der Waals surface area (Å²) in [5.74, 6) is 1.61. The molecule has 90 valence electrons. The Morgan fingerprint density at radius 1 is 0.833 bits per heavy atom. The van der Waals surface area contributed by atoms with E-state index in [1.165, 1.54) is 0 Å². The van der Waals surface area contributed by atoms with E-state index in [2.05, 4.69) is 17.0 Å². The van der Waals surface area contributed by atoms with E-state index < -0.39 is 0 Å². The van der Waals surface area contributed by atoms with Gasteiger partial charge >= 0.3 is 7.12 Å². The van der Waals surface area contributed by atoms with Gasteiger partial charge in [-0.25, -0.2) is 0 Å². The highest BCUT2D eigenvalue weighted by Gasteiger charge is 2.33. The number of anilines is 1. The minimum atomic E-state index is -0.335. The molecule has 0 fully saturated rings. The van der Waals surface area contributed by atoms with E-state index in [9.17, 15) is 0 Å². The smallest absolute Gasteiger partial charge is 0.519 e. The lowest BCUT2D eigenvalue weighted by atomic mass is 9.79. The van der Waals surface area contributed by atoms with Crippen LogP contribution in [0.2, 0.25) is 0 Å². The fraction of sp³-hybridized carbons (Fsp3) is 0.143. The maximum atomic E-state index is 5.76. The van der Waals surface area contributed by atoms with Gasteiger partial charge in [0.05, 0.1) is 0 Å². The molecule has 0 aliphatic carbocycles. The zero-order chi connectivity index (χ0) is 12.5.